The zero-order valence-electron chi connectivity index (χ0n) is 5.69. The van der Waals surface area contributed by atoms with Gasteiger partial charge in [-0.15, -0.1) is 0 Å². The Morgan fingerprint density at radius 1 is 1.22 bits per heavy atom. The molecule has 1 unspecified atom stereocenters. The summed E-state index contributed by atoms with van der Waals surface area (Å²) in [7, 11) is 0. The third-order valence-corrected chi connectivity index (χ3v) is 1.58. The van der Waals surface area contributed by atoms with Crippen LogP contribution in [0.25, 0.3) is 0 Å². The molecule has 4 N–H and O–H groups in total. The molecule has 0 saturated carbocycles. The van der Waals surface area contributed by atoms with Gasteiger partial charge in [0.25, 0.3) is 0 Å². The van der Waals surface area contributed by atoms with Crippen molar-refractivity contribution in [3.8, 4) is 0 Å². The molecular weight excluding hydrogens is 114 g/mol. The summed E-state index contributed by atoms with van der Waals surface area (Å²) in [5, 5.41) is 6.49. The average molecular weight is 129 g/mol. The van der Waals surface area contributed by atoms with E-state index in [0.29, 0.717) is 0 Å². The smallest absolute Gasteiger partial charge is 0.0547 e. The molecule has 0 bridgehead atoms. The van der Waals surface area contributed by atoms with Crippen LogP contribution in [0.15, 0.2) is 0 Å². The lowest BCUT2D eigenvalue weighted by Gasteiger charge is -2.17. The molecule has 3 nitrogen and oxygen atoms in total. The molecule has 1 fully saturated rings. The lowest BCUT2D eigenvalue weighted by molar-refractivity contribution is 0.435. The van der Waals surface area contributed by atoms with Crippen LogP contribution in [0.4, 0.5) is 0 Å². The molecule has 0 amide bonds. The van der Waals surface area contributed by atoms with Crippen molar-refractivity contribution in [1.29, 1.82) is 0 Å². The van der Waals surface area contributed by atoms with Gasteiger partial charge in [0.1, 0.15) is 0 Å². The van der Waals surface area contributed by atoms with E-state index in [1.807, 2.05) is 0 Å². The van der Waals surface area contributed by atoms with E-state index in [2.05, 4.69) is 10.6 Å². The fraction of sp³-hybridized carbons (Fsp3) is 1.00. The number of nitrogens with one attached hydrogen (secondary N) is 2. The van der Waals surface area contributed by atoms with Crippen LogP contribution in [0.5, 0.6) is 0 Å². The predicted molar refractivity (Wildman–Crippen MR) is 38.1 cm³/mol. The van der Waals surface area contributed by atoms with Gasteiger partial charge < -0.3 is 16.4 Å². The van der Waals surface area contributed by atoms with Crippen LogP contribution in [0.3, 0.4) is 0 Å². The molecular formula is C6H15N3. The second-order valence-corrected chi connectivity index (χ2v) is 2.45. The molecule has 0 radical (unpaired) electrons. The second-order valence-electron chi connectivity index (χ2n) is 2.45. The highest BCUT2D eigenvalue weighted by molar-refractivity contribution is 4.64. The van der Waals surface area contributed by atoms with E-state index in [9.17, 15) is 0 Å². The van der Waals surface area contributed by atoms with Crippen molar-refractivity contribution in [1.82, 2.24) is 10.6 Å². The fourth-order valence-corrected chi connectivity index (χ4v) is 1.02. The van der Waals surface area contributed by atoms with Gasteiger partial charge >= 0.3 is 0 Å². The quantitative estimate of drug-likeness (QED) is 0.403. The summed E-state index contributed by atoms with van der Waals surface area (Å²) in [6.45, 7) is 3.17. The first-order valence-corrected chi connectivity index (χ1v) is 3.59. The molecule has 54 valence electrons. The molecule has 1 saturated heterocycles. The molecule has 0 aromatic carbocycles. The van der Waals surface area contributed by atoms with Crippen molar-refractivity contribution in [3.05, 3.63) is 0 Å². The molecule has 0 aromatic rings. The topological polar surface area (TPSA) is 50.1 Å². The highest BCUT2D eigenvalue weighted by atomic mass is 15.0. The Morgan fingerprint density at radius 2 is 2.11 bits per heavy atom. The minimum absolute atomic E-state index is 0.229. The van der Waals surface area contributed by atoms with Gasteiger partial charge in [-0.25, -0.2) is 0 Å². The van der Waals surface area contributed by atoms with E-state index < -0.39 is 0 Å². The Labute approximate surface area is 56.0 Å². The zero-order chi connectivity index (χ0) is 6.53. The standard InChI is InChI=1S/C6H15N3/c7-6-2-1-3-8-4-5-9-6/h6,8-9H,1-5,7H2. The summed E-state index contributed by atoms with van der Waals surface area (Å²) in [6, 6.07) is 0. The summed E-state index contributed by atoms with van der Waals surface area (Å²) >= 11 is 0. The number of hydrogen-bond donors (Lipinski definition) is 3. The third kappa shape index (κ3) is 2.79. The van der Waals surface area contributed by atoms with Crippen molar-refractivity contribution < 1.29 is 0 Å². The van der Waals surface area contributed by atoms with Gasteiger partial charge in [-0.2, -0.15) is 0 Å². The molecule has 1 atom stereocenters. The summed E-state index contributed by atoms with van der Waals surface area (Å²) in [6.07, 6.45) is 2.51. The molecule has 0 aromatic heterocycles. The number of rotatable bonds is 0. The van der Waals surface area contributed by atoms with Crippen LogP contribution in [0, 0.1) is 0 Å². The van der Waals surface area contributed by atoms with Crippen molar-refractivity contribution in [2.75, 3.05) is 19.6 Å². The Morgan fingerprint density at radius 3 is 3.00 bits per heavy atom. The highest BCUT2D eigenvalue weighted by Gasteiger charge is 2.02. The third-order valence-electron chi connectivity index (χ3n) is 1.58. The van der Waals surface area contributed by atoms with Crippen LogP contribution in [0.2, 0.25) is 0 Å². The lowest BCUT2D eigenvalue weighted by Crippen LogP contribution is -2.43. The molecule has 3 heteroatoms. The van der Waals surface area contributed by atoms with Crippen LogP contribution >= 0.6 is 0 Å². The minimum Gasteiger partial charge on any atom is -0.316 e. The Kier molecular flexibility index (Phi) is 2.97. The van der Waals surface area contributed by atoms with Crippen molar-refractivity contribution in [2.24, 2.45) is 5.73 Å². The maximum Gasteiger partial charge on any atom is 0.0547 e. The summed E-state index contributed by atoms with van der Waals surface area (Å²) in [5.41, 5.74) is 5.67. The van der Waals surface area contributed by atoms with Gasteiger partial charge in [0.05, 0.1) is 6.17 Å². The van der Waals surface area contributed by atoms with Gasteiger partial charge in [0.15, 0.2) is 0 Å². The van der Waals surface area contributed by atoms with Crippen LogP contribution < -0.4 is 16.4 Å². The van der Waals surface area contributed by atoms with E-state index >= 15 is 0 Å². The van der Waals surface area contributed by atoms with E-state index in [1.165, 1.54) is 6.42 Å². The van der Waals surface area contributed by atoms with Crippen molar-refractivity contribution in [3.63, 3.8) is 0 Å². The highest BCUT2D eigenvalue weighted by Crippen LogP contribution is 1.91. The summed E-state index contributed by atoms with van der Waals surface area (Å²) in [5.74, 6) is 0. The normalized spacial score (nSPS) is 31.0. The predicted octanol–water partition coefficient (Wildman–Crippen LogP) is -0.756. The first kappa shape index (κ1) is 6.99. The van der Waals surface area contributed by atoms with Gasteiger partial charge in [-0.3, -0.25) is 0 Å². The van der Waals surface area contributed by atoms with Gasteiger partial charge in [-0.1, -0.05) is 0 Å². The molecule has 1 aliphatic rings. The average Bonchev–Trinajstić information content (AvgIpc) is 1.79. The first-order chi connectivity index (χ1) is 4.39. The molecule has 1 rings (SSSR count). The SMILES string of the molecule is NC1CCCNCCN1. The van der Waals surface area contributed by atoms with E-state index in [0.717, 1.165) is 26.1 Å². The van der Waals surface area contributed by atoms with E-state index in [4.69, 9.17) is 5.73 Å². The Bertz CT molecular complexity index is 66.7. The molecule has 1 heterocycles. The van der Waals surface area contributed by atoms with Crippen molar-refractivity contribution in [2.45, 2.75) is 19.0 Å². The minimum atomic E-state index is 0.229. The Hall–Kier alpha value is -0.120. The van der Waals surface area contributed by atoms with Crippen molar-refractivity contribution >= 4 is 0 Å². The summed E-state index contributed by atoms with van der Waals surface area (Å²) in [4.78, 5) is 0. The van der Waals surface area contributed by atoms with Crippen LogP contribution in [-0.2, 0) is 0 Å². The van der Waals surface area contributed by atoms with E-state index in [1.54, 1.807) is 0 Å². The zero-order valence-corrected chi connectivity index (χ0v) is 5.69. The molecule has 9 heavy (non-hydrogen) atoms. The molecule has 0 spiro atoms. The fourth-order valence-electron chi connectivity index (χ4n) is 1.02. The second kappa shape index (κ2) is 3.82. The lowest BCUT2D eigenvalue weighted by atomic mass is 10.2. The van der Waals surface area contributed by atoms with E-state index in [-0.39, 0.29) is 6.17 Å². The van der Waals surface area contributed by atoms with Gasteiger partial charge in [0.2, 0.25) is 0 Å². The molecule has 0 aliphatic carbocycles. The van der Waals surface area contributed by atoms with Crippen LogP contribution in [0.1, 0.15) is 12.8 Å². The maximum absolute atomic E-state index is 5.67. The monoisotopic (exact) mass is 129 g/mol. The number of hydrogen-bond acceptors (Lipinski definition) is 3. The largest absolute Gasteiger partial charge is 0.316 e. The van der Waals surface area contributed by atoms with Gasteiger partial charge in [0, 0.05) is 13.1 Å². The molecule has 1 aliphatic heterocycles. The number of nitrogens with two attached hydrogens (primary N) is 1. The maximum atomic E-state index is 5.67. The Balaban J connectivity index is 2.12. The van der Waals surface area contributed by atoms with Crippen LogP contribution in [-0.4, -0.2) is 25.8 Å². The van der Waals surface area contributed by atoms with Gasteiger partial charge in [-0.05, 0) is 19.4 Å². The first-order valence-electron chi connectivity index (χ1n) is 3.59. The summed E-state index contributed by atoms with van der Waals surface area (Å²) < 4.78 is 0.